The maximum Gasteiger partial charge on any atom is 0.302 e. The number of hydrogen-bond donors (Lipinski definition) is 1. The lowest BCUT2D eigenvalue weighted by Crippen LogP contribution is -2.63. The van der Waals surface area contributed by atoms with Gasteiger partial charge in [0.05, 0.1) is 5.69 Å². The minimum atomic E-state index is -0.987. The monoisotopic (exact) mass is 347 g/mol. The van der Waals surface area contributed by atoms with Crippen molar-refractivity contribution >= 4 is 17.8 Å². The van der Waals surface area contributed by atoms with Crippen LogP contribution in [-0.4, -0.2) is 40.4 Å². The smallest absolute Gasteiger partial charge is 0.302 e. The zero-order valence-electron chi connectivity index (χ0n) is 14.7. The van der Waals surface area contributed by atoms with Gasteiger partial charge in [-0.25, -0.2) is 0 Å². The number of esters is 1. The number of carbonyl (C=O) groups is 3. The van der Waals surface area contributed by atoms with Crippen LogP contribution in [0.25, 0.3) is 0 Å². The minimum Gasteiger partial charge on any atom is -0.466 e. The minimum absolute atomic E-state index is 0.00294. The number of amides is 2. The Morgan fingerprint density at radius 1 is 1.52 bits per heavy atom. The first-order chi connectivity index (χ1) is 11.7. The molecule has 0 unspecified atom stereocenters. The Balaban J connectivity index is 2.17. The van der Waals surface area contributed by atoms with E-state index >= 15 is 0 Å². The molecule has 3 atom stereocenters. The van der Waals surface area contributed by atoms with E-state index in [9.17, 15) is 14.4 Å². The number of hydrogen-bond acceptors (Lipinski definition) is 6. The van der Waals surface area contributed by atoms with Crippen LogP contribution in [-0.2, 0) is 25.7 Å². The third kappa shape index (κ3) is 2.61. The second kappa shape index (κ2) is 5.72. The Morgan fingerprint density at radius 3 is 2.80 bits per heavy atom. The molecule has 2 aliphatic rings. The van der Waals surface area contributed by atoms with Crippen LogP contribution in [0.3, 0.4) is 0 Å². The Kier molecular flexibility index (Phi) is 3.93. The predicted octanol–water partition coefficient (Wildman–Crippen LogP) is 0.609. The number of ether oxygens (including phenoxy) is 2. The number of nitrogens with two attached hydrogens (primary N) is 1. The Morgan fingerprint density at radius 2 is 2.20 bits per heavy atom. The van der Waals surface area contributed by atoms with Gasteiger partial charge in [0.25, 0.3) is 0 Å². The second-order valence-electron chi connectivity index (χ2n) is 6.76. The van der Waals surface area contributed by atoms with Crippen molar-refractivity contribution in [1.29, 1.82) is 0 Å². The van der Waals surface area contributed by atoms with Crippen LogP contribution in [0.15, 0.2) is 6.20 Å². The number of aromatic nitrogens is 1. The lowest BCUT2D eigenvalue weighted by atomic mass is 9.72. The van der Waals surface area contributed by atoms with Crippen LogP contribution in [0, 0.1) is 12.8 Å². The molecular formula is C17H21N3O5. The SMILES string of the molecule is CC(=O)OCc1cnc(C)c2c1[C@@H]1C[C@](C)(O2)N(C)C(=O)[C@H]1C(N)=O. The molecular weight excluding hydrogens is 326 g/mol. The summed E-state index contributed by atoms with van der Waals surface area (Å²) in [5.41, 5.74) is 6.59. The average Bonchev–Trinajstić information content (AvgIpc) is 2.52. The molecule has 3 rings (SSSR count). The molecule has 25 heavy (non-hydrogen) atoms. The quantitative estimate of drug-likeness (QED) is 0.633. The summed E-state index contributed by atoms with van der Waals surface area (Å²) in [6, 6.07) is 0. The summed E-state index contributed by atoms with van der Waals surface area (Å²) in [4.78, 5) is 41.6. The number of likely N-dealkylation sites (tertiary alicyclic amines) is 1. The van der Waals surface area contributed by atoms with Crippen molar-refractivity contribution in [1.82, 2.24) is 9.88 Å². The van der Waals surface area contributed by atoms with Gasteiger partial charge in [-0.1, -0.05) is 0 Å². The normalized spacial score (nSPS) is 27.4. The molecule has 2 N–H and O–H groups in total. The molecule has 0 radical (unpaired) electrons. The Hall–Kier alpha value is -2.64. The van der Waals surface area contributed by atoms with E-state index in [2.05, 4.69) is 4.98 Å². The molecule has 1 saturated heterocycles. The molecule has 0 aromatic carbocycles. The Bertz CT molecular complexity index is 778. The molecule has 2 aliphatic heterocycles. The van der Waals surface area contributed by atoms with Gasteiger partial charge in [-0.15, -0.1) is 0 Å². The van der Waals surface area contributed by atoms with Crippen LogP contribution >= 0.6 is 0 Å². The van der Waals surface area contributed by atoms with Crippen molar-refractivity contribution in [2.24, 2.45) is 11.7 Å². The van der Waals surface area contributed by atoms with Crippen molar-refractivity contribution in [2.75, 3.05) is 7.05 Å². The molecule has 0 saturated carbocycles. The number of fused-ring (bicyclic) bond motifs is 4. The van der Waals surface area contributed by atoms with Crippen LogP contribution in [0.1, 0.15) is 43.0 Å². The van der Waals surface area contributed by atoms with Gasteiger partial charge < -0.3 is 20.1 Å². The first-order valence-electron chi connectivity index (χ1n) is 8.03. The van der Waals surface area contributed by atoms with Gasteiger partial charge >= 0.3 is 5.97 Å². The summed E-state index contributed by atoms with van der Waals surface area (Å²) in [6.07, 6.45) is 2.01. The molecule has 134 valence electrons. The fourth-order valence-corrected chi connectivity index (χ4v) is 3.67. The summed E-state index contributed by atoms with van der Waals surface area (Å²) in [6.45, 7) is 4.90. The number of carbonyl (C=O) groups excluding carboxylic acids is 3. The van der Waals surface area contributed by atoms with Gasteiger partial charge in [-0.3, -0.25) is 19.4 Å². The third-order valence-corrected chi connectivity index (χ3v) is 5.07. The van der Waals surface area contributed by atoms with E-state index in [1.807, 2.05) is 0 Å². The molecule has 1 aromatic heterocycles. The fraction of sp³-hybridized carbons (Fsp3) is 0.529. The van der Waals surface area contributed by atoms with Crippen molar-refractivity contribution in [3.05, 3.63) is 23.0 Å². The van der Waals surface area contributed by atoms with E-state index < -0.39 is 29.4 Å². The first kappa shape index (κ1) is 17.2. The van der Waals surface area contributed by atoms with Crippen LogP contribution in [0.2, 0.25) is 0 Å². The zero-order valence-corrected chi connectivity index (χ0v) is 14.7. The number of rotatable bonds is 3. The molecule has 2 bridgehead atoms. The van der Waals surface area contributed by atoms with E-state index in [4.69, 9.17) is 15.2 Å². The highest BCUT2D eigenvalue weighted by Crippen LogP contribution is 2.51. The van der Waals surface area contributed by atoms with E-state index in [0.29, 0.717) is 29.0 Å². The topological polar surface area (TPSA) is 112 Å². The summed E-state index contributed by atoms with van der Waals surface area (Å²) < 4.78 is 11.2. The fourth-order valence-electron chi connectivity index (χ4n) is 3.67. The van der Waals surface area contributed by atoms with E-state index in [1.165, 1.54) is 11.8 Å². The number of aryl methyl sites for hydroxylation is 1. The average molecular weight is 347 g/mol. The van der Waals surface area contributed by atoms with Crippen molar-refractivity contribution < 1.29 is 23.9 Å². The summed E-state index contributed by atoms with van der Waals surface area (Å²) in [5.74, 6) is -2.38. The zero-order chi connectivity index (χ0) is 18.5. The van der Waals surface area contributed by atoms with E-state index in [-0.39, 0.29) is 12.5 Å². The summed E-state index contributed by atoms with van der Waals surface area (Å²) in [5, 5.41) is 0. The molecule has 8 heteroatoms. The Labute approximate surface area is 145 Å². The maximum atomic E-state index is 12.7. The van der Waals surface area contributed by atoms with Gasteiger partial charge in [0.2, 0.25) is 11.8 Å². The number of piperidine rings is 1. The predicted molar refractivity (Wildman–Crippen MR) is 86.3 cm³/mol. The lowest BCUT2D eigenvalue weighted by Gasteiger charge is -2.51. The molecule has 0 aliphatic carbocycles. The summed E-state index contributed by atoms with van der Waals surface area (Å²) in [7, 11) is 1.60. The number of primary amides is 1. The highest BCUT2D eigenvalue weighted by Gasteiger charge is 2.55. The van der Waals surface area contributed by atoms with Gasteiger partial charge in [-0.05, 0) is 13.8 Å². The van der Waals surface area contributed by atoms with Crippen molar-refractivity contribution in [2.45, 2.75) is 45.4 Å². The summed E-state index contributed by atoms with van der Waals surface area (Å²) >= 11 is 0. The molecule has 1 aromatic rings. The van der Waals surface area contributed by atoms with Crippen molar-refractivity contribution in [3.63, 3.8) is 0 Å². The number of nitrogens with zero attached hydrogens (tertiary/aromatic N) is 2. The van der Waals surface area contributed by atoms with Crippen molar-refractivity contribution in [3.8, 4) is 5.75 Å². The van der Waals surface area contributed by atoms with Crippen LogP contribution in [0.4, 0.5) is 0 Å². The highest BCUT2D eigenvalue weighted by molar-refractivity contribution is 6.01. The van der Waals surface area contributed by atoms with Crippen LogP contribution < -0.4 is 10.5 Å². The van der Waals surface area contributed by atoms with Gasteiger partial charge in [-0.2, -0.15) is 0 Å². The maximum absolute atomic E-state index is 12.7. The van der Waals surface area contributed by atoms with E-state index in [1.54, 1.807) is 27.1 Å². The first-order valence-corrected chi connectivity index (χ1v) is 8.03. The van der Waals surface area contributed by atoms with Gasteiger partial charge in [0, 0.05) is 43.6 Å². The van der Waals surface area contributed by atoms with Crippen LogP contribution in [0.5, 0.6) is 5.75 Å². The molecule has 2 amide bonds. The van der Waals surface area contributed by atoms with Gasteiger partial charge in [0.15, 0.2) is 5.72 Å². The molecule has 0 spiro atoms. The standard InChI is InChI=1S/C17H21N3O5/c1-8-14-12(10(6-19-8)7-24-9(2)21)11-5-17(3,25-14)20(4)16(23)13(11)15(18)22/h6,11,13H,5,7H2,1-4H3,(H2,18,22)/t11-,13+,17-/m0/s1. The third-order valence-electron chi connectivity index (χ3n) is 5.07. The number of pyridine rings is 1. The lowest BCUT2D eigenvalue weighted by molar-refractivity contribution is -0.171. The molecule has 3 heterocycles. The second-order valence-corrected chi connectivity index (χ2v) is 6.76. The molecule has 1 fully saturated rings. The largest absolute Gasteiger partial charge is 0.466 e. The van der Waals surface area contributed by atoms with Gasteiger partial charge in [0.1, 0.15) is 18.3 Å². The highest BCUT2D eigenvalue weighted by atomic mass is 16.5. The van der Waals surface area contributed by atoms with E-state index in [0.717, 1.165) is 0 Å². The molecule has 8 nitrogen and oxygen atoms in total.